The molecule has 0 saturated heterocycles. The third-order valence-corrected chi connectivity index (χ3v) is 4.13. The van der Waals surface area contributed by atoms with Crippen LogP contribution in [-0.4, -0.2) is 21.6 Å². The predicted octanol–water partition coefficient (Wildman–Crippen LogP) is 3.71. The first-order valence-electron chi connectivity index (χ1n) is 6.34. The molecule has 2 aromatic rings. The van der Waals surface area contributed by atoms with E-state index in [1.165, 1.54) is 11.8 Å². The monoisotopic (exact) mass is 356 g/mol. The number of aromatic nitrogens is 2. The Hall–Kier alpha value is -1.50. The first kappa shape index (κ1) is 16.9. The van der Waals surface area contributed by atoms with Gasteiger partial charge in [0.2, 0.25) is 5.91 Å². The lowest BCUT2D eigenvalue weighted by molar-refractivity contribution is -0.113. The van der Waals surface area contributed by atoms with E-state index in [0.29, 0.717) is 26.6 Å². The maximum Gasteiger partial charge on any atom is 0.234 e. The minimum absolute atomic E-state index is 0.183. The summed E-state index contributed by atoms with van der Waals surface area (Å²) in [4.78, 5) is 20.5. The van der Waals surface area contributed by atoms with Crippen LogP contribution in [0.15, 0.2) is 23.4 Å². The van der Waals surface area contributed by atoms with Crippen molar-refractivity contribution in [1.82, 2.24) is 9.97 Å². The van der Waals surface area contributed by atoms with E-state index in [9.17, 15) is 4.79 Å². The molecule has 0 atom stereocenters. The third kappa shape index (κ3) is 4.50. The van der Waals surface area contributed by atoms with E-state index >= 15 is 0 Å². The first-order chi connectivity index (χ1) is 10.3. The van der Waals surface area contributed by atoms with Gasteiger partial charge in [0, 0.05) is 17.1 Å². The molecule has 0 aliphatic heterocycles. The Morgan fingerprint density at radius 3 is 2.27 bits per heavy atom. The van der Waals surface area contributed by atoms with Crippen LogP contribution in [0.3, 0.4) is 0 Å². The van der Waals surface area contributed by atoms with Crippen LogP contribution in [0.25, 0.3) is 0 Å². The summed E-state index contributed by atoms with van der Waals surface area (Å²) in [6.07, 6.45) is 0. The Morgan fingerprint density at radius 1 is 1.18 bits per heavy atom. The summed E-state index contributed by atoms with van der Waals surface area (Å²) in [5.41, 5.74) is 8.17. The van der Waals surface area contributed by atoms with Crippen molar-refractivity contribution in [3.05, 3.63) is 39.6 Å². The number of anilines is 2. The molecule has 116 valence electrons. The number of halogens is 2. The molecule has 0 bridgehead atoms. The number of aryl methyl sites for hydroxylation is 2. The molecule has 0 fully saturated rings. The molecular formula is C14H14Cl2N4OS. The van der Waals surface area contributed by atoms with E-state index in [1.54, 1.807) is 12.1 Å². The molecule has 1 aromatic heterocycles. The maximum atomic E-state index is 12.0. The maximum absolute atomic E-state index is 12.0. The number of nitrogens with one attached hydrogen (secondary N) is 1. The molecule has 0 unspecified atom stereocenters. The highest BCUT2D eigenvalue weighted by molar-refractivity contribution is 7.99. The molecule has 1 amide bonds. The number of hydrogen-bond acceptors (Lipinski definition) is 5. The molecule has 0 spiro atoms. The van der Waals surface area contributed by atoms with Crippen LogP contribution in [0, 0.1) is 13.8 Å². The van der Waals surface area contributed by atoms with Crippen LogP contribution in [0.2, 0.25) is 10.0 Å². The summed E-state index contributed by atoms with van der Waals surface area (Å²) in [7, 11) is 0. The Labute approximate surface area is 142 Å². The molecule has 2 rings (SSSR count). The van der Waals surface area contributed by atoms with Gasteiger partial charge in [-0.05, 0) is 32.0 Å². The second kappa shape index (κ2) is 7.17. The fourth-order valence-electron chi connectivity index (χ4n) is 1.74. The molecule has 0 saturated carbocycles. The minimum atomic E-state index is -0.204. The van der Waals surface area contributed by atoms with E-state index < -0.39 is 0 Å². The van der Waals surface area contributed by atoms with Gasteiger partial charge in [-0.1, -0.05) is 35.0 Å². The molecule has 8 heteroatoms. The number of nitrogens with two attached hydrogens (primary N) is 1. The molecule has 5 nitrogen and oxygen atoms in total. The number of nitrogens with zero attached hydrogens (tertiary/aromatic N) is 2. The number of hydrogen-bond donors (Lipinski definition) is 2. The summed E-state index contributed by atoms with van der Waals surface area (Å²) < 4.78 is 0. The van der Waals surface area contributed by atoms with Crippen molar-refractivity contribution in [2.45, 2.75) is 19.0 Å². The first-order valence-corrected chi connectivity index (χ1v) is 8.09. The fourth-order valence-corrected chi connectivity index (χ4v) is 2.98. The van der Waals surface area contributed by atoms with Gasteiger partial charge in [0.15, 0.2) is 5.16 Å². The van der Waals surface area contributed by atoms with E-state index in [0.717, 1.165) is 11.4 Å². The average Bonchev–Trinajstić information content (AvgIpc) is 2.41. The molecule has 3 N–H and O–H groups in total. The number of amides is 1. The van der Waals surface area contributed by atoms with Crippen LogP contribution in [0.4, 0.5) is 11.4 Å². The minimum Gasteiger partial charge on any atom is -0.396 e. The SMILES string of the molecule is Cc1cc(C)nc(SCC(=O)Nc2cc(Cl)c(N)c(Cl)c2)n1. The summed E-state index contributed by atoms with van der Waals surface area (Å²) in [5.74, 6) is -0.0210. The van der Waals surface area contributed by atoms with Crippen LogP contribution < -0.4 is 11.1 Å². The molecule has 22 heavy (non-hydrogen) atoms. The van der Waals surface area contributed by atoms with Crippen LogP contribution in [0.1, 0.15) is 11.4 Å². The van der Waals surface area contributed by atoms with Gasteiger partial charge in [-0.2, -0.15) is 0 Å². The highest BCUT2D eigenvalue weighted by Gasteiger charge is 2.09. The lowest BCUT2D eigenvalue weighted by atomic mass is 10.3. The lowest BCUT2D eigenvalue weighted by Gasteiger charge is -2.08. The van der Waals surface area contributed by atoms with E-state index in [4.69, 9.17) is 28.9 Å². The molecule has 1 aromatic carbocycles. The van der Waals surface area contributed by atoms with Gasteiger partial charge >= 0.3 is 0 Å². The van der Waals surface area contributed by atoms with Gasteiger partial charge in [-0.15, -0.1) is 0 Å². The van der Waals surface area contributed by atoms with Gasteiger partial charge < -0.3 is 11.1 Å². The van der Waals surface area contributed by atoms with Crippen molar-refractivity contribution < 1.29 is 4.79 Å². The summed E-state index contributed by atoms with van der Waals surface area (Å²) >= 11 is 13.1. The summed E-state index contributed by atoms with van der Waals surface area (Å²) in [5, 5.41) is 3.88. The van der Waals surface area contributed by atoms with Crippen molar-refractivity contribution in [1.29, 1.82) is 0 Å². The lowest BCUT2D eigenvalue weighted by Crippen LogP contribution is -2.14. The van der Waals surface area contributed by atoms with Gasteiger partial charge in [0.25, 0.3) is 0 Å². The predicted molar refractivity (Wildman–Crippen MR) is 91.7 cm³/mol. The van der Waals surface area contributed by atoms with Crippen LogP contribution in [-0.2, 0) is 4.79 Å². The average molecular weight is 357 g/mol. The van der Waals surface area contributed by atoms with Crippen LogP contribution in [0.5, 0.6) is 0 Å². The molecule has 0 radical (unpaired) electrons. The number of carbonyl (C=O) groups excluding carboxylic acids is 1. The van der Waals surface area contributed by atoms with Crippen molar-refractivity contribution in [3.8, 4) is 0 Å². The Morgan fingerprint density at radius 2 is 1.73 bits per heavy atom. The van der Waals surface area contributed by atoms with Gasteiger partial charge in [0.1, 0.15) is 0 Å². The fraction of sp³-hybridized carbons (Fsp3) is 0.214. The zero-order valence-corrected chi connectivity index (χ0v) is 14.3. The zero-order chi connectivity index (χ0) is 16.3. The molecular weight excluding hydrogens is 343 g/mol. The standard InChI is InChI=1S/C14H14Cl2N4OS/c1-7-3-8(2)19-14(18-7)22-6-12(21)20-9-4-10(15)13(17)11(16)5-9/h3-5H,6,17H2,1-2H3,(H,20,21). The summed E-state index contributed by atoms with van der Waals surface area (Å²) in [6, 6.07) is 4.99. The molecule has 0 aliphatic carbocycles. The van der Waals surface area contributed by atoms with E-state index in [2.05, 4.69) is 15.3 Å². The number of rotatable bonds is 4. The van der Waals surface area contributed by atoms with Crippen molar-refractivity contribution in [2.75, 3.05) is 16.8 Å². The Kier molecular flexibility index (Phi) is 5.50. The van der Waals surface area contributed by atoms with Crippen LogP contribution >= 0.6 is 35.0 Å². The zero-order valence-electron chi connectivity index (χ0n) is 12.0. The second-order valence-corrected chi connectivity index (χ2v) is 6.38. The normalized spacial score (nSPS) is 10.5. The van der Waals surface area contributed by atoms with E-state index in [-0.39, 0.29) is 11.7 Å². The topological polar surface area (TPSA) is 80.9 Å². The quantitative estimate of drug-likeness (QED) is 0.495. The van der Waals surface area contributed by atoms with Gasteiger partial charge in [0.05, 0.1) is 21.5 Å². The van der Waals surface area contributed by atoms with Gasteiger partial charge in [-0.25, -0.2) is 9.97 Å². The van der Waals surface area contributed by atoms with Crippen molar-refractivity contribution in [2.24, 2.45) is 0 Å². The second-order valence-electron chi connectivity index (χ2n) is 4.62. The summed E-state index contributed by atoms with van der Waals surface area (Å²) in [6.45, 7) is 3.77. The smallest absolute Gasteiger partial charge is 0.234 e. The highest BCUT2D eigenvalue weighted by Crippen LogP contribution is 2.31. The highest BCUT2D eigenvalue weighted by atomic mass is 35.5. The van der Waals surface area contributed by atoms with Crippen molar-refractivity contribution >= 4 is 52.2 Å². The Balaban J connectivity index is 1.98. The number of benzene rings is 1. The van der Waals surface area contributed by atoms with Crippen molar-refractivity contribution in [3.63, 3.8) is 0 Å². The van der Waals surface area contributed by atoms with Gasteiger partial charge in [-0.3, -0.25) is 4.79 Å². The molecule has 0 aliphatic rings. The largest absolute Gasteiger partial charge is 0.396 e. The number of carbonyl (C=O) groups is 1. The third-order valence-electron chi connectivity index (χ3n) is 2.66. The Bertz CT molecular complexity index is 681. The van der Waals surface area contributed by atoms with E-state index in [1.807, 2.05) is 19.9 Å². The number of thioether (sulfide) groups is 1. The molecule has 1 heterocycles. The number of nitrogen functional groups attached to an aromatic ring is 1.